The molecule has 13 heavy (non-hydrogen) atoms. The number of nitrogens with two attached hydrogens (primary N) is 1. The second-order valence-corrected chi connectivity index (χ2v) is 3.44. The molecule has 0 aliphatic heterocycles. The summed E-state index contributed by atoms with van der Waals surface area (Å²) in [6, 6.07) is 0. The molecule has 2 N–H and O–H groups in total. The molecule has 0 amide bonds. The quantitative estimate of drug-likeness (QED) is 0.608. The first-order valence-electron chi connectivity index (χ1n) is 4.19. The lowest BCUT2D eigenvalue weighted by atomic mass is 9.74. The van der Waals surface area contributed by atoms with Crippen LogP contribution in [0.1, 0.15) is 29.9 Å². The van der Waals surface area contributed by atoms with Gasteiger partial charge >= 0.3 is 0 Å². The minimum Gasteiger partial charge on any atom is -0.319 e. The highest BCUT2D eigenvalue weighted by Crippen LogP contribution is 2.31. The molecule has 0 spiro atoms. The second kappa shape index (κ2) is 2.59. The van der Waals surface area contributed by atoms with Crippen LogP contribution in [-0.4, -0.2) is 31.5 Å². The number of tetrazole rings is 1. The molecule has 70 valence electrons. The Morgan fingerprint density at radius 3 is 2.69 bits per heavy atom. The van der Waals surface area contributed by atoms with Crippen LogP contribution >= 0.6 is 0 Å². The number of rotatable bonds is 2. The van der Waals surface area contributed by atoms with E-state index < -0.39 is 5.54 Å². The highest BCUT2D eigenvalue weighted by molar-refractivity contribution is 6.00. The van der Waals surface area contributed by atoms with Gasteiger partial charge in [-0.25, -0.2) is 0 Å². The van der Waals surface area contributed by atoms with Crippen molar-refractivity contribution in [2.45, 2.75) is 24.8 Å². The van der Waals surface area contributed by atoms with E-state index in [1.54, 1.807) is 7.05 Å². The Labute approximate surface area is 75.1 Å². The van der Waals surface area contributed by atoms with Crippen molar-refractivity contribution < 1.29 is 4.79 Å². The lowest BCUT2D eigenvalue weighted by Crippen LogP contribution is -2.53. The summed E-state index contributed by atoms with van der Waals surface area (Å²) in [6.07, 6.45) is 2.46. The first-order chi connectivity index (χ1) is 6.12. The van der Waals surface area contributed by atoms with Crippen LogP contribution in [0.3, 0.4) is 0 Å². The Morgan fingerprint density at radius 2 is 2.31 bits per heavy atom. The summed E-state index contributed by atoms with van der Waals surface area (Å²) < 4.78 is 0. The van der Waals surface area contributed by atoms with Crippen LogP contribution in [0.5, 0.6) is 0 Å². The lowest BCUT2D eigenvalue weighted by molar-refractivity contribution is 0.0789. The smallest absolute Gasteiger partial charge is 0.242 e. The zero-order valence-electron chi connectivity index (χ0n) is 7.40. The molecule has 1 heterocycles. The van der Waals surface area contributed by atoms with Gasteiger partial charge in [-0.15, -0.1) is 10.2 Å². The summed E-state index contributed by atoms with van der Waals surface area (Å²) in [5, 5.41) is 11.0. The Hall–Kier alpha value is -1.30. The van der Waals surface area contributed by atoms with Crippen molar-refractivity contribution in [3.8, 4) is 0 Å². The van der Waals surface area contributed by atoms with E-state index in [0.717, 1.165) is 19.3 Å². The van der Waals surface area contributed by atoms with Gasteiger partial charge in [0.25, 0.3) is 0 Å². The van der Waals surface area contributed by atoms with Crippen LogP contribution in [0.15, 0.2) is 0 Å². The topological polar surface area (TPSA) is 86.7 Å². The van der Waals surface area contributed by atoms with Crippen molar-refractivity contribution in [2.75, 3.05) is 0 Å². The molecule has 0 atom stereocenters. The number of ketones is 1. The highest BCUT2D eigenvalue weighted by Gasteiger charge is 2.42. The molecule has 6 heteroatoms. The van der Waals surface area contributed by atoms with Gasteiger partial charge in [-0.05, 0) is 24.5 Å². The Morgan fingerprint density at radius 1 is 1.62 bits per heavy atom. The van der Waals surface area contributed by atoms with Crippen LogP contribution in [0.25, 0.3) is 0 Å². The molecule has 0 aromatic carbocycles. The summed E-state index contributed by atoms with van der Waals surface area (Å²) in [4.78, 5) is 12.9. The van der Waals surface area contributed by atoms with Gasteiger partial charge in [0.1, 0.15) is 0 Å². The summed E-state index contributed by atoms with van der Waals surface area (Å²) in [6.45, 7) is 0. The molecule has 1 aliphatic carbocycles. The molecule has 6 nitrogen and oxygen atoms in total. The van der Waals surface area contributed by atoms with Gasteiger partial charge in [-0.2, -0.15) is 4.80 Å². The van der Waals surface area contributed by atoms with E-state index in [4.69, 9.17) is 5.73 Å². The molecule has 1 aliphatic rings. The third-order valence-electron chi connectivity index (χ3n) is 2.41. The van der Waals surface area contributed by atoms with E-state index in [1.165, 1.54) is 4.80 Å². The maximum atomic E-state index is 11.7. The first-order valence-corrected chi connectivity index (χ1v) is 4.19. The first kappa shape index (κ1) is 8.31. The molecule has 1 saturated carbocycles. The average Bonchev–Trinajstić information content (AvgIpc) is 2.46. The maximum absolute atomic E-state index is 11.7. The van der Waals surface area contributed by atoms with Gasteiger partial charge < -0.3 is 5.73 Å². The zero-order chi connectivity index (χ0) is 9.47. The number of aromatic nitrogens is 4. The molecular weight excluding hydrogens is 170 g/mol. The minimum absolute atomic E-state index is 0.129. The molecule has 0 saturated heterocycles. The fourth-order valence-electron chi connectivity index (χ4n) is 1.38. The number of hydrogen-bond acceptors (Lipinski definition) is 5. The second-order valence-electron chi connectivity index (χ2n) is 3.44. The number of carbonyl (C=O) groups is 1. The van der Waals surface area contributed by atoms with Crippen molar-refractivity contribution in [2.24, 2.45) is 12.8 Å². The van der Waals surface area contributed by atoms with Gasteiger partial charge in [-0.3, -0.25) is 4.79 Å². The van der Waals surface area contributed by atoms with Crippen LogP contribution in [0.4, 0.5) is 0 Å². The van der Waals surface area contributed by atoms with Crippen molar-refractivity contribution in [1.29, 1.82) is 0 Å². The Kier molecular flexibility index (Phi) is 1.66. The maximum Gasteiger partial charge on any atom is 0.242 e. The average molecular weight is 181 g/mol. The number of carbonyl (C=O) groups excluding carboxylic acids is 1. The van der Waals surface area contributed by atoms with Crippen molar-refractivity contribution >= 4 is 5.78 Å². The molecule has 0 unspecified atom stereocenters. The van der Waals surface area contributed by atoms with Gasteiger partial charge in [0.05, 0.1) is 12.6 Å². The molecule has 0 radical (unpaired) electrons. The third-order valence-corrected chi connectivity index (χ3v) is 2.41. The Balaban J connectivity index is 2.22. The van der Waals surface area contributed by atoms with E-state index in [9.17, 15) is 4.79 Å². The number of hydrogen-bond donors (Lipinski definition) is 1. The largest absolute Gasteiger partial charge is 0.319 e. The molecule has 1 aromatic rings. The molecular formula is C7H11N5O. The van der Waals surface area contributed by atoms with Gasteiger partial charge in [0.15, 0.2) is 0 Å². The summed E-state index contributed by atoms with van der Waals surface area (Å²) in [5.74, 6) is -0.0587. The molecule has 0 bridgehead atoms. The number of Topliss-reactive ketones (excluding diaryl/α,β-unsaturated/α-hetero) is 1. The fraction of sp³-hybridized carbons (Fsp3) is 0.714. The van der Waals surface area contributed by atoms with E-state index in [2.05, 4.69) is 15.4 Å². The van der Waals surface area contributed by atoms with Gasteiger partial charge in [-0.1, -0.05) is 0 Å². The third kappa shape index (κ3) is 1.23. The van der Waals surface area contributed by atoms with Gasteiger partial charge in [0.2, 0.25) is 11.6 Å². The SMILES string of the molecule is Cn1nnc(C(=O)C2(N)CCC2)n1. The summed E-state index contributed by atoms with van der Waals surface area (Å²) >= 11 is 0. The van der Waals surface area contributed by atoms with Crippen molar-refractivity contribution in [1.82, 2.24) is 20.2 Å². The predicted molar refractivity (Wildman–Crippen MR) is 43.9 cm³/mol. The van der Waals surface area contributed by atoms with Gasteiger partial charge in [0, 0.05) is 0 Å². The normalized spacial score (nSPS) is 19.5. The van der Waals surface area contributed by atoms with Crippen molar-refractivity contribution in [3.05, 3.63) is 5.82 Å². The van der Waals surface area contributed by atoms with Crippen LogP contribution in [0.2, 0.25) is 0 Å². The van der Waals surface area contributed by atoms with Crippen LogP contribution in [-0.2, 0) is 7.05 Å². The minimum atomic E-state index is -0.719. The highest BCUT2D eigenvalue weighted by atomic mass is 16.1. The lowest BCUT2D eigenvalue weighted by Gasteiger charge is -2.34. The summed E-state index contributed by atoms with van der Waals surface area (Å²) in [5.41, 5.74) is 5.10. The van der Waals surface area contributed by atoms with Crippen LogP contribution in [0, 0.1) is 0 Å². The number of aryl methyl sites for hydroxylation is 1. The monoisotopic (exact) mass is 181 g/mol. The number of nitrogens with zero attached hydrogens (tertiary/aromatic N) is 4. The molecule has 2 rings (SSSR count). The van der Waals surface area contributed by atoms with E-state index in [1.807, 2.05) is 0 Å². The van der Waals surface area contributed by atoms with Crippen molar-refractivity contribution in [3.63, 3.8) is 0 Å². The molecule has 1 aromatic heterocycles. The van der Waals surface area contributed by atoms with E-state index in [0.29, 0.717) is 0 Å². The Bertz CT molecular complexity index is 340. The summed E-state index contributed by atoms with van der Waals surface area (Å²) in [7, 11) is 1.62. The fourth-order valence-corrected chi connectivity index (χ4v) is 1.38. The predicted octanol–water partition coefficient (Wildman–Crippen LogP) is -0.726. The zero-order valence-corrected chi connectivity index (χ0v) is 7.40. The van der Waals surface area contributed by atoms with E-state index in [-0.39, 0.29) is 11.6 Å². The standard InChI is InChI=1S/C7H11N5O/c1-12-10-6(9-11-12)5(13)7(8)3-2-4-7/h2-4,8H2,1H3. The van der Waals surface area contributed by atoms with E-state index >= 15 is 0 Å². The molecule has 1 fully saturated rings. The van der Waals surface area contributed by atoms with Crippen LogP contribution < -0.4 is 5.73 Å².